The van der Waals surface area contributed by atoms with Crippen molar-refractivity contribution in [2.75, 3.05) is 0 Å². The van der Waals surface area contributed by atoms with Gasteiger partial charge in [-0.3, -0.25) is 0 Å². The van der Waals surface area contributed by atoms with Gasteiger partial charge < -0.3 is 0 Å². The number of nitrogens with zero attached hydrogens (tertiary/aromatic N) is 2. The highest BCUT2D eigenvalue weighted by Crippen LogP contribution is 2.17. The van der Waals surface area contributed by atoms with Gasteiger partial charge in [0.25, 0.3) is 0 Å². The highest BCUT2D eigenvalue weighted by Gasteiger charge is 2.09. The van der Waals surface area contributed by atoms with Gasteiger partial charge in [0, 0.05) is 17.2 Å². The molecular formula is C13H18N2. The molecule has 0 atom stereocenters. The molecule has 0 aliphatic carbocycles. The monoisotopic (exact) mass is 202 g/mol. The van der Waals surface area contributed by atoms with Gasteiger partial charge in [0.15, 0.2) is 0 Å². The summed E-state index contributed by atoms with van der Waals surface area (Å²) in [5, 5.41) is 0. The van der Waals surface area contributed by atoms with E-state index >= 15 is 0 Å². The van der Waals surface area contributed by atoms with Crippen molar-refractivity contribution >= 4 is 12.2 Å². The average Bonchev–Trinajstić information content (AvgIpc) is 2.17. The van der Waals surface area contributed by atoms with Crippen LogP contribution in [0.4, 0.5) is 0 Å². The molecule has 0 aliphatic heterocycles. The van der Waals surface area contributed by atoms with E-state index in [1.807, 2.05) is 32.1 Å². The summed E-state index contributed by atoms with van der Waals surface area (Å²) in [6, 6.07) is 0. The Labute approximate surface area is 91.8 Å². The van der Waals surface area contributed by atoms with Crippen LogP contribution in [0.3, 0.4) is 0 Å². The number of allylic oxidation sites excluding steroid dienone is 1. The zero-order valence-corrected chi connectivity index (χ0v) is 9.91. The standard InChI is InChI=1S/C13H18N2/c1-6-8-12-11(7-2)10(5)14-13(15-12)9(3)4/h6-9H,2H2,1,3-5H3/b8-6-. The summed E-state index contributed by atoms with van der Waals surface area (Å²) in [5.74, 6) is 1.25. The molecule has 0 spiro atoms. The third-order valence-corrected chi connectivity index (χ3v) is 2.23. The molecule has 1 rings (SSSR count). The van der Waals surface area contributed by atoms with Crippen molar-refractivity contribution in [3.8, 4) is 0 Å². The summed E-state index contributed by atoms with van der Waals surface area (Å²) in [6.07, 6.45) is 5.80. The molecule has 0 aromatic carbocycles. The summed E-state index contributed by atoms with van der Waals surface area (Å²) in [4.78, 5) is 8.99. The molecule has 0 saturated carbocycles. The van der Waals surface area contributed by atoms with E-state index in [9.17, 15) is 0 Å². The smallest absolute Gasteiger partial charge is 0.131 e. The SMILES string of the molecule is C=Cc1c(C)nc(C(C)C)nc1/C=C\C. The quantitative estimate of drug-likeness (QED) is 0.748. The number of aryl methyl sites for hydroxylation is 1. The van der Waals surface area contributed by atoms with E-state index in [2.05, 4.69) is 30.4 Å². The molecule has 1 aromatic rings. The van der Waals surface area contributed by atoms with Crippen LogP contribution in [0.1, 0.15) is 49.5 Å². The van der Waals surface area contributed by atoms with Crippen LogP contribution in [-0.4, -0.2) is 9.97 Å². The first-order valence-electron chi connectivity index (χ1n) is 5.23. The van der Waals surface area contributed by atoms with Gasteiger partial charge >= 0.3 is 0 Å². The zero-order chi connectivity index (χ0) is 11.4. The molecule has 0 fully saturated rings. The van der Waals surface area contributed by atoms with Gasteiger partial charge in [0.2, 0.25) is 0 Å². The first-order chi connectivity index (χ1) is 7.10. The second-order valence-electron chi connectivity index (χ2n) is 3.82. The van der Waals surface area contributed by atoms with Gasteiger partial charge in [-0.25, -0.2) is 9.97 Å². The lowest BCUT2D eigenvalue weighted by molar-refractivity contribution is 0.763. The van der Waals surface area contributed by atoms with Gasteiger partial charge in [-0.1, -0.05) is 32.6 Å². The van der Waals surface area contributed by atoms with E-state index in [-0.39, 0.29) is 0 Å². The lowest BCUT2D eigenvalue weighted by atomic mass is 10.1. The topological polar surface area (TPSA) is 25.8 Å². The van der Waals surface area contributed by atoms with E-state index in [0.717, 1.165) is 22.8 Å². The van der Waals surface area contributed by atoms with Crippen molar-refractivity contribution in [1.82, 2.24) is 9.97 Å². The number of hydrogen-bond acceptors (Lipinski definition) is 2. The minimum Gasteiger partial charge on any atom is -0.237 e. The normalized spacial score (nSPS) is 11.3. The van der Waals surface area contributed by atoms with E-state index in [0.29, 0.717) is 5.92 Å². The summed E-state index contributed by atoms with van der Waals surface area (Å²) in [7, 11) is 0. The fourth-order valence-corrected chi connectivity index (χ4v) is 1.42. The van der Waals surface area contributed by atoms with Crippen molar-refractivity contribution in [2.45, 2.75) is 33.6 Å². The second-order valence-corrected chi connectivity index (χ2v) is 3.82. The molecule has 0 aliphatic rings. The van der Waals surface area contributed by atoms with Crippen LogP contribution in [0.15, 0.2) is 12.7 Å². The second kappa shape index (κ2) is 4.87. The highest BCUT2D eigenvalue weighted by atomic mass is 14.9. The molecule has 1 aromatic heterocycles. The van der Waals surface area contributed by atoms with Crippen molar-refractivity contribution in [3.63, 3.8) is 0 Å². The van der Waals surface area contributed by atoms with E-state index in [1.165, 1.54) is 0 Å². The van der Waals surface area contributed by atoms with Gasteiger partial charge in [-0.15, -0.1) is 0 Å². The molecule has 15 heavy (non-hydrogen) atoms. The maximum atomic E-state index is 4.52. The molecule has 0 saturated heterocycles. The van der Waals surface area contributed by atoms with Crippen molar-refractivity contribution < 1.29 is 0 Å². The molecule has 0 bridgehead atoms. The minimum absolute atomic E-state index is 0.353. The largest absolute Gasteiger partial charge is 0.237 e. The Morgan fingerprint density at radius 3 is 2.40 bits per heavy atom. The third kappa shape index (κ3) is 2.52. The molecule has 0 unspecified atom stereocenters. The van der Waals surface area contributed by atoms with Gasteiger partial charge in [0.1, 0.15) is 5.82 Å². The van der Waals surface area contributed by atoms with Crippen LogP contribution >= 0.6 is 0 Å². The molecule has 80 valence electrons. The molecule has 2 nitrogen and oxygen atoms in total. The van der Waals surface area contributed by atoms with Crippen LogP contribution in [0.5, 0.6) is 0 Å². The number of rotatable bonds is 3. The molecular weight excluding hydrogens is 184 g/mol. The van der Waals surface area contributed by atoms with E-state index in [1.54, 1.807) is 0 Å². The van der Waals surface area contributed by atoms with Crippen molar-refractivity contribution in [2.24, 2.45) is 0 Å². The van der Waals surface area contributed by atoms with Crippen molar-refractivity contribution in [1.29, 1.82) is 0 Å². The number of hydrogen-bond donors (Lipinski definition) is 0. The number of aromatic nitrogens is 2. The molecule has 0 N–H and O–H groups in total. The van der Waals surface area contributed by atoms with Crippen LogP contribution in [-0.2, 0) is 0 Å². The predicted molar refractivity (Wildman–Crippen MR) is 65.7 cm³/mol. The van der Waals surface area contributed by atoms with Crippen LogP contribution in [0.25, 0.3) is 12.2 Å². The lowest BCUT2D eigenvalue weighted by Gasteiger charge is -2.09. The Bertz CT molecular complexity index is 390. The lowest BCUT2D eigenvalue weighted by Crippen LogP contribution is -2.04. The summed E-state index contributed by atoms with van der Waals surface area (Å²) >= 11 is 0. The summed E-state index contributed by atoms with van der Waals surface area (Å²) in [6.45, 7) is 12.0. The third-order valence-electron chi connectivity index (χ3n) is 2.23. The average molecular weight is 202 g/mol. The highest BCUT2D eigenvalue weighted by molar-refractivity contribution is 5.62. The Balaban J connectivity index is 3.38. The zero-order valence-electron chi connectivity index (χ0n) is 9.91. The van der Waals surface area contributed by atoms with Crippen molar-refractivity contribution in [3.05, 3.63) is 35.4 Å². The minimum atomic E-state index is 0.353. The molecule has 1 heterocycles. The molecule has 0 amide bonds. The van der Waals surface area contributed by atoms with Crippen LogP contribution < -0.4 is 0 Å². The first-order valence-corrected chi connectivity index (χ1v) is 5.23. The Kier molecular flexibility index (Phi) is 3.78. The van der Waals surface area contributed by atoms with Gasteiger partial charge in [-0.05, 0) is 19.9 Å². The van der Waals surface area contributed by atoms with Crippen LogP contribution in [0, 0.1) is 6.92 Å². The van der Waals surface area contributed by atoms with E-state index < -0.39 is 0 Å². The summed E-state index contributed by atoms with van der Waals surface area (Å²) in [5.41, 5.74) is 2.98. The Hall–Kier alpha value is -1.44. The first kappa shape index (κ1) is 11.6. The Morgan fingerprint density at radius 2 is 1.93 bits per heavy atom. The predicted octanol–water partition coefficient (Wildman–Crippen LogP) is 3.58. The maximum Gasteiger partial charge on any atom is 0.131 e. The molecule has 0 radical (unpaired) electrons. The van der Waals surface area contributed by atoms with Gasteiger partial charge in [0.05, 0.1) is 5.69 Å². The molecule has 2 heteroatoms. The van der Waals surface area contributed by atoms with E-state index in [4.69, 9.17) is 0 Å². The maximum absolute atomic E-state index is 4.52. The summed E-state index contributed by atoms with van der Waals surface area (Å²) < 4.78 is 0. The fraction of sp³-hybridized carbons (Fsp3) is 0.385. The fourth-order valence-electron chi connectivity index (χ4n) is 1.42. The Morgan fingerprint density at radius 1 is 1.27 bits per heavy atom. The van der Waals surface area contributed by atoms with Crippen LogP contribution in [0.2, 0.25) is 0 Å². The van der Waals surface area contributed by atoms with Gasteiger partial charge in [-0.2, -0.15) is 0 Å².